The first-order valence-corrected chi connectivity index (χ1v) is 6.08. The standard InChI is InChI=1S/C12H15N5O/c1-8-3-2-4-10-15-12(16-17(8)10)13-7-11(18)14-9-5-6-9/h2-4,9H,5-7H2,1H3,(H,13,16)(H,14,18). The van der Waals surface area contributed by atoms with Crippen LogP contribution in [-0.2, 0) is 4.79 Å². The zero-order chi connectivity index (χ0) is 12.5. The molecule has 2 aromatic heterocycles. The topological polar surface area (TPSA) is 71.3 Å². The molecule has 0 bridgehead atoms. The van der Waals surface area contributed by atoms with Gasteiger partial charge in [-0.3, -0.25) is 4.79 Å². The smallest absolute Gasteiger partial charge is 0.243 e. The number of fused-ring (bicyclic) bond motifs is 1. The molecule has 2 N–H and O–H groups in total. The molecule has 0 aromatic carbocycles. The fourth-order valence-electron chi connectivity index (χ4n) is 1.78. The van der Waals surface area contributed by atoms with Gasteiger partial charge in [-0.1, -0.05) is 6.07 Å². The molecule has 1 amide bonds. The zero-order valence-electron chi connectivity index (χ0n) is 10.2. The first-order chi connectivity index (χ1) is 8.72. The lowest BCUT2D eigenvalue weighted by molar-refractivity contribution is -0.119. The normalized spacial score (nSPS) is 14.7. The Hall–Kier alpha value is -2.11. The Morgan fingerprint density at radius 2 is 2.33 bits per heavy atom. The van der Waals surface area contributed by atoms with Crippen LogP contribution >= 0.6 is 0 Å². The van der Waals surface area contributed by atoms with Gasteiger partial charge in [-0.05, 0) is 31.9 Å². The van der Waals surface area contributed by atoms with Gasteiger partial charge in [0.1, 0.15) is 0 Å². The molecule has 0 radical (unpaired) electrons. The number of carbonyl (C=O) groups is 1. The number of aromatic nitrogens is 3. The van der Waals surface area contributed by atoms with E-state index < -0.39 is 0 Å². The molecule has 1 saturated carbocycles. The third kappa shape index (κ3) is 2.27. The van der Waals surface area contributed by atoms with Crippen LogP contribution in [-0.4, -0.2) is 33.1 Å². The molecule has 0 unspecified atom stereocenters. The van der Waals surface area contributed by atoms with Gasteiger partial charge in [0.2, 0.25) is 11.9 Å². The van der Waals surface area contributed by atoms with Gasteiger partial charge in [0.15, 0.2) is 5.65 Å². The molecule has 1 aliphatic carbocycles. The Morgan fingerprint density at radius 1 is 1.50 bits per heavy atom. The van der Waals surface area contributed by atoms with E-state index in [2.05, 4.69) is 20.7 Å². The SMILES string of the molecule is Cc1cccc2nc(NCC(=O)NC3CC3)nn12. The molecule has 1 aliphatic rings. The van der Waals surface area contributed by atoms with E-state index in [0.29, 0.717) is 12.0 Å². The molecular formula is C12H15N5O. The maximum absolute atomic E-state index is 11.5. The van der Waals surface area contributed by atoms with E-state index in [-0.39, 0.29) is 12.5 Å². The summed E-state index contributed by atoms with van der Waals surface area (Å²) in [7, 11) is 0. The van der Waals surface area contributed by atoms with Gasteiger partial charge in [0.05, 0.1) is 6.54 Å². The summed E-state index contributed by atoms with van der Waals surface area (Å²) in [4.78, 5) is 15.8. The minimum atomic E-state index is -0.00641. The van der Waals surface area contributed by atoms with Gasteiger partial charge in [0.25, 0.3) is 0 Å². The number of carbonyl (C=O) groups excluding carboxylic acids is 1. The van der Waals surface area contributed by atoms with E-state index in [1.54, 1.807) is 4.52 Å². The third-order valence-corrected chi connectivity index (χ3v) is 2.90. The fraction of sp³-hybridized carbons (Fsp3) is 0.417. The number of hydrogen-bond donors (Lipinski definition) is 2. The highest BCUT2D eigenvalue weighted by molar-refractivity contribution is 5.80. The number of nitrogens with one attached hydrogen (secondary N) is 2. The summed E-state index contributed by atoms with van der Waals surface area (Å²) < 4.78 is 1.75. The Bertz CT molecular complexity index is 587. The first kappa shape index (κ1) is 11.0. The van der Waals surface area contributed by atoms with Crippen LogP contribution in [0.1, 0.15) is 18.5 Å². The molecule has 6 nitrogen and oxygen atoms in total. The quantitative estimate of drug-likeness (QED) is 0.833. The minimum absolute atomic E-state index is 0.00641. The van der Waals surface area contributed by atoms with E-state index >= 15 is 0 Å². The van der Waals surface area contributed by atoms with Crippen molar-refractivity contribution >= 4 is 17.5 Å². The second-order valence-electron chi connectivity index (χ2n) is 4.57. The van der Waals surface area contributed by atoms with E-state index in [4.69, 9.17) is 0 Å². The monoisotopic (exact) mass is 245 g/mol. The van der Waals surface area contributed by atoms with Gasteiger partial charge < -0.3 is 10.6 Å². The second-order valence-corrected chi connectivity index (χ2v) is 4.57. The highest BCUT2D eigenvalue weighted by atomic mass is 16.2. The third-order valence-electron chi connectivity index (χ3n) is 2.90. The Kier molecular flexibility index (Phi) is 2.62. The first-order valence-electron chi connectivity index (χ1n) is 6.08. The molecule has 6 heteroatoms. The summed E-state index contributed by atoms with van der Waals surface area (Å²) in [6.45, 7) is 2.18. The molecule has 0 saturated heterocycles. The number of aryl methyl sites for hydroxylation is 1. The summed E-state index contributed by atoms with van der Waals surface area (Å²) in [5, 5.41) is 10.1. The van der Waals surface area contributed by atoms with Crippen molar-refractivity contribution in [2.45, 2.75) is 25.8 Å². The second kappa shape index (κ2) is 4.29. The van der Waals surface area contributed by atoms with Crippen LogP contribution < -0.4 is 10.6 Å². The molecule has 0 aliphatic heterocycles. The predicted molar refractivity (Wildman–Crippen MR) is 67.4 cm³/mol. The molecule has 18 heavy (non-hydrogen) atoms. The van der Waals surface area contributed by atoms with Crippen LogP contribution in [0.3, 0.4) is 0 Å². The predicted octanol–water partition coefficient (Wildman–Crippen LogP) is 0.728. The molecule has 94 valence electrons. The number of anilines is 1. The van der Waals surface area contributed by atoms with Gasteiger partial charge in [0, 0.05) is 11.7 Å². The van der Waals surface area contributed by atoms with Crippen molar-refractivity contribution in [2.75, 3.05) is 11.9 Å². The van der Waals surface area contributed by atoms with Crippen molar-refractivity contribution < 1.29 is 4.79 Å². The summed E-state index contributed by atoms with van der Waals surface area (Å²) in [5.41, 5.74) is 1.79. The number of nitrogens with zero attached hydrogens (tertiary/aromatic N) is 3. The largest absolute Gasteiger partial charge is 0.352 e. The number of pyridine rings is 1. The average Bonchev–Trinajstić information content (AvgIpc) is 3.04. The van der Waals surface area contributed by atoms with Crippen LogP contribution in [0.4, 0.5) is 5.95 Å². The van der Waals surface area contributed by atoms with E-state index in [1.807, 2.05) is 25.1 Å². The van der Waals surface area contributed by atoms with Crippen LogP contribution in [0.25, 0.3) is 5.65 Å². The van der Waals surface area contributed by atoms with Crippen molar-refractivity contribution in [3.8, 4) is 0 Å². The number of amides is 1. The summed E-state index contributed by atoms with van der Waals surface area (Å²) in [6.07, 6.45) is 2.19. The maximum Gasteiger partial charge on any atom is 0.243 e. The summed E-state index contributed by atoms with van der Waals surface area (Å²) in [6, 6.07) is 6.17. The van der Waals surface area contributed by atoms with E-state index in [1.165, 1.54) is 0 Å². The Morgan fingerprint density at radius 3 is 3.06 bits per heavy atom. The van der Waals surface area contributed by atoms with Crippen molar-refractivity contribution in [1.29, 1.82) is 0 Å². The number of hydrogen-bond acceptors (Lipinski definition) is 4. The molecule has 2 aromatic rings. The maximum atomic E-state index is 11.5. The van der Waals surface area contributed by atoms with Gasteiger partial charge in [-0.2, -0.15) is 4.98 Å². The van der Waals surface area contributed by atoms with Crippen molar-refractivity contribution in [3.63, 3.8) is 0 Å². The van der Waals surface area contributed by atoms with Crippen molar-refractivity contribution in [1.82, 2.24) is 19.9 Å². The van der Waals surface area contributed by atoms with Crippen LogP contribution in [0.5, 0.6) is 0 Å². The van der Waals surface area contributed by atoms with E-state index in [0.717, 1.165) is 24.2 Å². The molecule has 3 rings (SSSR count). The van der Waals surface area contributed by atoms with Gasteiger partial charge in [-0.15, -0.1) is 5.10 Å². The zero-order valence-corrected chi connectivity index (χ0v) is 10.2. The highest BCUT2D eigenvalue weighted by Crippen LogP contribution is 2.18. The molecular weight excluding hydrogens is 230 g/mol. The van der Waals surface area contributed by atoms with Crippen LogP contribution in [0, 0.1) is 6.92 Å². The number of rotatable bonds is 4. The Labute approximate surface area is 104 Å². The lowest BCUT2D eigenvalue weighted by Crippen LogP contribution is -2.31. The molecule has 0 spiro atoms. The van der Waals surface area contributed by atoms with Crippen LogP contribution in [0.2, 0.25) is 0 Å². The Balaban J connectivity index is 1.66. The molecule has 2 heterocycles. The van der Waals surface area contributed by atoms with Gasteiger partial charge in [-0.25, -0.2) is 4.52 Å². The molecule has 1 fully saturated rings. The van der Waals surface area contributed by atoms with Crippen LogP contribution in [0.15, 0.2) is 18.2 Å². The lowest BCUT2D eigenvalue weighted by Gasteiger charge is -2.02. The fourth-order valence-corrected chi connectivity index (χ4v) is 1.78. The van der Waals surface area contributed by atoms with E-state index in [9.17, 15) is 4.79 Å². The van der Waals surface area contributed by atoms with Crippen molar-refractivity contribution in [2.24, 2.45) is 0 Å². The molecule has 0 atom stereocenters. The lowest BCUT2D eigenvalue weighted by atomic mass is 10.4. The van der Waals surface area contributed by atoms with Gasteiger partial charge >= 0.3 is 0 Å². The summed E-state index contributed by atoms with van der Waals surface area (Å²) in [5.74, 6) is 0.475. The highest BCUT2D eigenvalue weighted by Gasteiger charge is 2.23. The summed E-state index contributed by atoms with van der Waals surface area (Å²) >= 11 is 0. The van der Waals surface area contributed by atoms with Crippen molar-refractivity contribution in [3.05, 3.63) is 23.9 Å². The minimum Gasteiger partial charge on any atom is -0.352 e. The average molecular weight is 245 g/mol.